The van der Waals surface area contributed by atoms with E-state index in [1.54, 1.807) is 0 Å². The molecule has 0 aromatic rings. The molecule has 186 valence electrons. The average molecular weight is 485 g/mol. The maximum atomic E-state index is 12.2. The van der Waals surface area contributed by atoms with Crippen molar-refractivity contribution in [2.45, 2.75) is 95.4 Å². The van der Waals surface area contributed by atoms with Gasteiger partial charge < -0.3 is 10.5 Å². The first kappa shape index (κ1) is 21.6. The highest BCUT2D eigenvalue weighted by molar-refractivity contribution is 6.18. The number of piperidine rings is 1. The summed E-state index contributed by atoms with van der Waals surface area (Å²) in [4.78, 5) is 14.8. The Morgan fingerprint density at radius 2 is 2.06 bits per heavy atom. The molecule has 8 rings (SSSR count). The Hall–Kier alpha value is -0.420. The molecule has 5 saturated carbocycles. The maximum Gasteiger partial charge on any atom is 0.155 e. The van der Waals surface area contributed by atoms with Crippen molar-refractivity contribution < 1.29 is 9.53 Å². The van der Waals surface area contributed by atoms with Gasteiger partial charge in [-0.05, 0) is 98.4 Å². The lowest BCUT2D eigenvalue weighted by atomic mass is 9.46. The smallest absolute Gasteiger partial charge is 0.155 e. The minimum absolute atomic E-state index is 0.0210. The van der Waals surface area contributed by atoms with Crippen LogP contribution in [0.4, 0.5) is 0 Å². The van der Waals surface area contributed by atoms with Gasteiger partial charge in [0, 0.05) is 36.7 Å². The Morgan fingerprint density at radius 1 is 1.21 bits per heavy atom. The Balaban J connectivity index is 1.15. The van der Waals surface area contributed by atoms with E-state index in [1.165, 1.54) is 44.1 Å². The minimum Gasteiger partial charge on any atom is -0.367 e. The summed E-state index contributed by atoms with van der Waals surface area (Å²) in [5, 5.41) is 0. The van der Waals surface area contributed by atoms with Gasteiger partial charge in [-0.25, -0.2) is 0 Å². The summed E-state index contributed by atoms with van der Waals surface area (Å²) in [7, 11) is 0. The number of likely N-dealkylation sites (tertiary alicyclic amines) is 1. The third-order valence-electron chi connectivity index (χ3n) is 13.5. The SMILES string of the molecule is CC1C[C@H]2O[C@@]34CCC5C6CCC7=CC(=O)CC[C@]7(C)C6CC56CC63C[C@@H]4C2(N)N(CCCl)C1. The van der Waals surface area contributed by atoms with Gasteiger partial charge in [0.05, 0.1) is 11.7 Å². The van der Waals surface area contributed by atoms with Crippen molar-refractivity contribution in [2.75, 3.05) is 19.0 Å². The van der Waals surface area contributed by atoms with E-state index in [2.05, 4.69) is 24.8 Å². The molecule has 2 saturated heterocycles. The molecule has 11 atom stereocenters. The molecular formula is C29H41ClN2O2. The standard InChI is InChI=1S/C29H41ClN2O2/c1-17-11-24-29(31,32(15-17)10-9-30)23-14-27-16-26(27)13-22-20(21(26)6-8-28(23,27)34-24)4-3-18-12-19(33)5-7-25(18,22)2/h12,17,20-24H,3-11,13-16,31H2,1-2H3/t17?,20?,21?,22?,23-,24+,25-,26?,27?,28+,29?/m0/s1. The van der Waals surface area contributed by atoms with Crippen LogP contribution < -0.4 is 5.73 Å². The topological polar surface area (TPSA) is 55.6 Å². The van der Waals surface area contributed by atoms with Crippen LogP contribution in [-0.2, 0) is 9.53 Å². The van der Waals surface area contributed by atoms with Gasteiger partial charge in [0.15, 0.2) is 5.78 Å². The lowest BCUT2D eigenvalue weighted by Crippen LogP contribution is -2.74. The summed E-state index contributed by atoms with van der Waals surface area (Å²) in [6.07, 6.45) is 14.2. The lowest BCUT2D eigenvalue weighted by Gasteiger charge is -2.62. The van der Waals surface area contributed by atoms with E-state index in [4.69, 9.17) is 22.1 Å². The molecule has 2 aliphatic heterocycles. The number of alkyl halides is 1. The third-order valence-corrected chi connectivity index (χ3v) is 13.7. The molecule has 6 aliphatic carbocycles. The molecule has 0 aromatic carbocycles. The second-order valence-corrected chi connectivity index (χ2v) is 14.6. The zero-order valence-electron chi connectivity index (χ0n) is 21.0. The summed E-state index contributed by atoms with van der Waals surface area (Å²) in [5.74, 6) is 4.61. The van der Waals surface area contributed by atoms with Crippen molar-refractivity contribution in [2.24, 2.45) is 51.6 Å². The van der Waals surface area contributed by atoms with E-state index < -0.39 is 0 Å². The molecule has 0 bridgehead atoms. The summed E-state index contributed by atoms with van der Waals surface area (Å²) in [6, 6.07) is 0. The van der Waals surface area contributed by atoms with Crippen molar-refractivity contribution in [1.29, 1.82) is 0 Å². The van der Waals surface area contributed by atoms with Crippen LogP contribution in [-0.4, -0.2) is 47.0 Å². The van der Waals surface area contributed by atoms with E-state index in [9.17, 15) is 4.79 Å². The quantitative estimate of drug-likeness (QED) is 0.567. The van der Waals surface area contributed by atoms with Crippen LogP contribution in [0.2, 0.25) is 0 Å². The largest absolute Gasteiger partial charge is 0.367 e. The van der Waals surface area contributed by atoms with Crippen molar-refractivity contribution >= 4 is 17.4 Å². The Labute approximate surface area is 209 Å². The van der Waals surface area contributed by atoms with Crippen molar-refractivity contribution in [3.05, 3.63) is 11.6 Å². The van der Waals surface area contributed by atoms with Crippen molar-refractivity contribution in [3.8, 4) is 0 Å². The fourth-order valence-corrected chi connectivity index (χ4v) is 12.4. The van der Waals surface area contributed by atoms with Crippen LogP contribution in [0.25, 0.3) is 0 Å². The first-order valence-corrected chi connectivity index (χ1v) is 14.8. The number of carbonyl (C=O) groups is 1. The zero-order chi connectivity index (χ0) is 23.3. The van der Waals surface area contributed by atoms with E-state index in [0.717, 1.165) is 56.5 Å². The van der Waals surface area contributed by atoms with Gasteiger partial charge in [-0.3, -0.25) is 9.69 Å². The maximum absolute atomic E-state index is 12.2. The van der Waals surface area contributed by atoms with Gasteiger partial charge in [-0.2, -0.15) is 0 Å². The number of hydrogen-bond acceptors (Lipinski definition) is 4. The number of carbonyl (C=O) groups excluding carboxylic acids is 1. The van der Waals surface area contributed by atoms with Crippen molar-refractivity contribution in [3.63, 3.8) is 0 Å². The number of ketones is 1. The fourth-order valence-electron chi connectivity index (χ4n) is 12.2. The van der Waals surface area contributed by atoms with Gasteiger partial charge in [-0.15, -0.1) is 11.6 Å². The fraction of sp³-hybridized carbons (Fsp3) is 0.897. The number of nitrogens with two attached hydrogens (primary N) is 1. The first-order valence-electron chi connectivity index (χ1n) is 14.3. The van der Waals surface area contributed by atoms with E-state index in [1.807, 2.05) is 0 Å². The molecule has 8 aliphatic rings. The van der Waals surface area contributed by atoms with Crippen LogP contribution in [0.3, 0.4) is 0 Å². The Bertz CT molecular complexity index is 1010. The highest BCUT2D eigenvalue weighted by Crippen LogP contribution is 2.93. The van der Waals surface area contributed by atoms with E-state index in [0.29, 0.717) is 34.3 Å². The molecule has 7 unspecified atom stereocenters. The molecule has 4 nitrogen and oxygen atoms in total. The molecule has 5 heteroatoms. The van der Waals surface area contributed by atoms with Crippen LogP contribution >= 0.6 is 11.6 Å². The summed E-state index contributed by atoms with van der Waals surface area (Å²) >= 11 is 6.26. The van der Waals surface area contributed by atoms with Crippen LogP contribution in [0.5, 0.6) is 0 Å². The normalized spacial score (nSPS) is 61.1. The number of ether oxygens (including phenoxy) is 1. The molecule has 7 fully saturated rings. The molecule has 2 N–H and O–H groups in total. The molecule has 2 heterocycles. The Morgan fingerprint density at radius 3 is 2.88 bits per heavy atom. The van der Waals surface area contributed by atoms with Gasteiger partial charge >= 0.3 is 0 Å². The first-order chi connectivity index (χ1) is 16.2. The zero-order valence-corrected chi connectivity index (χ0v) is 21.7. The molecule has 0 aromatic heterocycles. The molecule has 0 amide bonds. The highest BCUT2D eigenvalue weighted by Gasteiger charge is 2.93. The van der Waals surface area contributed by atoms with Gasteiger partial charge in [0.25, 0.3) is 0 Å². The summed E-state index contributed by atoms with van der Waals surface area (Å²) in [6.45, 7) is 6.82. The van der Waals surface area contributed by atoms with E-state index in [-0.39, 0.29) is 22.8 Å². The monoisotopic (exact) mass is 484 g/mol. The molecule has 0 radical (unpaired) electrons. The van der Waals surface area contributed by atoms with Crippen LogP contribution in [0.15, 0.2) is 11.6 Å². The predicted octanol–water partition coefficient (Wildman–Crippen LogP) is 4.89. The lowest BCUT2D eigenvalue weighted by molar-refractivity contribution is -0.212. The van der Waals surface area contributed by atoms with Gasteiger partial charge in [-0.1, -0.05) is 19.4 Å². The number of allylic oxidation sites excluding steroid dienone is 2. The average Bonchev–Trinajstić information content (AvgIpc) is 3.31. The summed E-state index contributed by atoms with van der Waals surface area (Å²) < 4.78 is 7.29. The summed E-state index contributed by atoms with van der Waals surface area (Å²) in [5.41, 5.74) is 9.72. The molecule has 34 heavy (non-hydrogen) atoms. The van der Waals surface area contributed by atoms with Crippen LogP contribution in [0.1, 0.15) is 78.1 Å². The molecule has 3 spiro atoms. The number of hydrogen-bond donors (Lipinski definition) is 1. The van der Waals surface area contributed by atoms with Gasteiger partial charge in [0.2, 0.25) is 0 Å². The number of halogens is 1. The minimum atomic E-state index is -0.319. The third kappa shape index (κ3) is 2.10. The Kier molecular flexibility index (Phi) is 4.04. The number of rotatable bonds is 2. The van der Waals surface area contributed by atoms with E-state index >= 15 is 0 Å². The molecular weight excluding hydrogens is 444 g/mol. The van der Waals surface area contributed by atoms with Crippen LogP contribution in [0, 0.1) is 45.8 Å². The second-order valence-electron chi connectivity index (χ2n) is 14.2. The van der Waals surface area contributed by atoms with Crippen molar-refractivity contribution in [1.82, 2.24) is 4.90 Å². The number of nitrogens with zero attached hydrogens (tertiary/aromatic N) is 1. The highest BCUT2D eigenvalue weighted by atomic mass is 35.5. The predicted molar refractivity (Wildman–Crippen MR) is 132 cm³/mol. The number of fused-ring (bicyclic) bond motifs is 6. The second kappa shape index (κ2) is 6.34. The van der Waals surface area contributed by atoms with Gasteiger partial charge in [0.1, 0.15) is 5.66 Å².